The smallest absolute Gasteiger partial charge is 0.328 e. The molecule has 166 valence electrons. The van der Waals surface area contributed by atoms with Crippen molar-refractivity contribution in [2.24, 2.45) is 0 Å². The lowest BCUT2D eigenvalue weighted by Crippen LogP contribution is -2.23. The summed E-state index contributed by atoms with van der Waals surface area (Å²) in [5.74, 6) is -0.752. The molecule has 3 rings (SSSR count). The van der Waals surface area contributed by atoms with Crippen LogP contribution in [0.5, 0.6) is 17.2 Å². The minimum atomic E-state index is -1.26. The van der Waals surface area contributed by atoms with E-state index >= 15 is 0 Å². The van der Waals surface area contributed by atoms with Crippen molar-refractivity contribution in [3.8, 4) is 17.2 Å². The third-order valence-electron chi connectivity index (χ3n) is 4.35. The lowest BCUT2D eigenvalue weighted by molar-refractivity contribution is -0.134. The molecular weight excluding hydrogens is 409 g/mol. The molecule has 0 radical (unpaired) electrons. The molecule has 3 N–H and O–H groups in total. The van der Waals surface area contributed by atoms with E-state index in [0.717, 1.165) is 18.5 Å². The minimum absolute atomic E-state index is 0.169. The SMILES string of the molecule is COc1cc2c(cc1OC)C(Oc1ccc(F)cc1)CNCC2.O=C(O)/C=C\C(=O)O. The fourth-order valence-corrected chi connectivity index (χ4v) is 2.94. The summed E-state index contributed by atoms with van der Waals surface area (Å²) in [5.41, 5.74) is 2.23. The number of carbonyl (C=O) groups is 2. The van der Waals surface area contributed by atoms with Gasteiger partial charge in [0.1, 0.15) is 17.7 Å². The van der Waals surface area contributed by atoms with Crippen LogP contribution in [0.2, 0.25) is 0 Å². The number of benzene rings is 2. The molecular formula is C22H24FNO7. The molecule has 0 amide bonds. The number of carboxylic acid groups (broad SMARTS) is 2. The van der Waals surface area contributed by atoms with Crippen LogP contribution in [-0.2, 0) is 16.0 Å². The van der Waals surface area contributed by atoms with Crippen molar-refractivity contribution in [2.45, 2.75) is 12.5 Å². The molecule has 0 fully saturated rings. The molecule has 0 saturated heterocycles. The number of hydrogen-bond acceptors (Lipinski definition) is 6. The van der Waals surface area contributed by atoms with Gasteiger partial charge in [0.05, 0.1) is 14.2 Å². The molecule has 0 aliphatic carbocycles. The minimum Gasteiger partial charge on any atom is -0.493 e. The van der Waals surface area contributed by atoms with Crippen LogP contribution in [0.3, 0.4) is 0 Å². The van der Waals surface area contributed by atoms with E-state index < -0.39 is 11.9 Å². The highest BCUT2D eigenvalue weighted by Gasteiger charge is 2.23. The van der Waals surface area contributed by atoms with Crippen molar-refractivity contribution < 1.29 is 38.4 Å². The number of rotatable bonds is 6. The topological polar surface area (TPSA) is 114 Å². The zero-order valence-electron chi connectivity index (χ0n) is 17.1. The Balaban J connectivity index is 0.000000366. The molecule has 31 heavy (non-hydrogen) atoms. The molecule has 1 aliphatic heterocycles. The molecule has 0 saturated carbocycles. The van der Waals surface area contributed by atoms with E-state index in [1.165, 1.54) is 17.7 Å². The largest absolute Gasteiger partial charge is 0.493 e. The monoisotopic (exact) mass is 433 g/mol. The van der Waals surface area contributed by atoms with Gasteiger partial charge in [0.2, 0.25) is 0 Å². The van der Waals surface area contributed by atoms with E-state index in [2.05, 4.69) is 5.32 Å². The van der Waals surface area contributed by atoms with Gasteiger partial charge in [0.15, 0.2) is 11.5 Å². The first kappa shape index (κ1) is 23.7. The molecule has 0 spiro atoms. The second kappa shape index (κ2) is 11.6. The van der Waals surface area contributed by atoms with E-state index in [0.29, 0.717) is 35.9 Å². The van der Waals surface area contributed by atoms with Crippen LogP contribution in [0.25, 0.3) is 0 Å². The van der Waals surface area contributed by atoms with Crippen molar-refractivity contribution >= 4 is 11.9 Å². The summed E-state index contributed by atoms with van der Waals surface area (Å²) in [7, 11) is 3.25. The van der Waals surface area contributed by atoms with Gasteiger partial charge in [-0.1, -0.05) is 0 Å². The number of fused-ring (bicyclic) bond motifs is 1. The molecule has 9 heteroatoms. The van der Waals surface area contributed by atoms with E-state index in [9.17, 15) is 14.0 Å². The molecule has 1 aliphatic rings. The Labute approximate surface area is 178 Å². The highest BCUT2D eigenvalue weighted by Crippen LogP contribution is 2.35. The van der Waals surface area contributed by atoms with Crippen LogP contribution >= 0.6 is 0 Å². The molecule has 1 heterocycles. The van der Waals surface area contributed by atoms with Crippen molar-refractivity contribution in [3.05, 3.63) is 65.5 Å². The standard InChI is InChI=1S/C18H20FNO3.C4H4O4/c1-21-16-9-12-7-8-20-11-18(15(12)10-17(16)22-2)23-14-5-3-13(19)4-6-14;5-3(6)1-2-4(7)8/h3-6,9-10,18,20H,7-8,11H2,1-2H3;1-2H,(H,5,6)(H,7,8)/b;2-1-. The zero-order chi connectivity index (χ0) is 22.8. The second-order valence-corrected chi connectivity index (χ2v) is 6.43. The number of carboxylic acids is 2. The van der Waals surface area contributed by atoms with Crippen LogP contribution in [0, 0.1) is 5.82 Å². The third-order valence-corrected chi connectivity index (χ3v) is 4.35. The van der Waals surface area contributed by atoms with Crippen molar-refractivity contribution in [1.82, 2.24) is 5.32 Å². The lowest BCUT2D eigenvalue weighted by Gasteiger charge is -2.21. The van der Waals surface area contributed by atoms with Gasteiger partial charge in [-0.15, -0.1) is 0 Å². The van der Waals surface area contributed by atoms with E-state index in [1.807, 2.05) is 12.1 Å². The van der Waals surface area contributed by atoms with Crippen molar-refractivity contribution in [3.63, 3.8) is 0 Å². The van der Waals surface area contributed by atoms with Crippen LogP contribution in [0.4, 0.5) is 4.39 Å². The van der Waals surface area contributed by atoms with Crippen LogP contribution < -0.4 is 19.5 Å². The Morgan fingerprint density at radius 2 is 1.61 bits per heavy atom. The third kappa shape index (κ3) is 7.31. The Morgan fingerprint density at radius 1 is 1.03 bits per heavy atom. The fourth-order valence-electron chi connectivity index (χ4n) is 2.94. The normalized spacial score (nSPS) is 15.1. The summed E-state index contributed by atoms with van der Waals surface area (Å²) in [6, 6.07) is 10.0. The predicted octanol–water partition coefficient (Wildman–Crippen LogP) is 2.82. The number of nitrogens with one attached hydrogen (secondary N) is 1. The highest BCUT2D eigenvalue weighted by atomic mass is 19.1. The maximum absolute atomic E-state index is 13.1. The molecule has 0 aromatic heterocycles. The van der Waals surface area contributed by atoms with Gasteiger partial charge >= 0.3 is 11.9 Å². The maximum atomic E-state index is 13.1. The molecule has 0 bridgehead atoms. The molecule has 2 aromatic rings. The number of halogens is 1. The van der Waals surface area contributed by atoms with Gasteiger partial charge in [0, 0.05) is 24.3 Å². The quantitative estimate of drug-likeness (QED) is 0.596. The van der Waals surface area contributed by atoms with Crippen LogP contribution in [0.15, 0.2) is 48.6 Å². The molecule has 2 aromatic carbocycles. The van der Waals surface area contributed by atoms with Gasteiger partial charge in [-0.2, -0.15) is 0 Å². The Kier molecular flexibility index (Phi) is 8.83. The summed E-state index contributed by atoms with van der Waals surface area (Å²) in [5, 5.41) is 19.0. The van der Waals surface area contributed by atoms with Crippen LogP contribution in [0.1, 0.15) is 17.2 Å². The van der Waals surface area contributed by atoms with Crippen molar-refractivity contribution in [2.75, 3.05) is 27.3 Å². The fraction of sp³-hybridized carbons (Fsp3) is 0.273. The average Bonchev–Trinajstić information content (AvgIpc) is 2.95. The Morgan fingerprint density at radius 3 is 2.16 bits per heavy atom. The number of aliphatic carboxylic acids is 2. The van der Waals surface area contributed by atoms with E-state index in [4.69, 9.17) is 24.4 Å². The number of hydrogen-bond donors (Lipinski definition) is 3. The van der Waals surface area contributed by atoms with Gasteiger partial charge < -0.3 is 29.7 Å². The molecule has 1 unspecified atom stereocenters. The summed E-state index contributed by atoms with van der Waals surface area (Å²) in [6.07, 6.45) is 1.83. The van der Waals surface area contributed by atoms with Gasteiger partial charge in [-0.3, -0.25) is 0 Å². The van der Waals surface area contributed by atoms with Crippen LogP contribution in [-0.4, -0.2) is 49.5 Å². The summed E-state index contributed by atoms with van der Waals surface area (Å²) >= 11 is 0. The number of methoxy groups -OCH3 is 2. The van der Waals surface area contributed by atoms with Gasteiger partial charge in [-0.25, -0.2) is 14.0 Å². The lowest BCUT2D eigenvalue weighted by atomic mass is 10.00. The maximum Gasteiger partial charge on any atom is 0.328 e. The first-order valence-electron chi connectivity index (χ1n) is 9.35. The summed E-state index contributed by atoms with van der Waals surface area (Å²) in [4.78, 5) is 19.1. The van der Waals surface area contributed by atoms with Crippen molar-refractivity contribution in [1.29, 1.82) is 0 Å². The Hall–Kier alpha value is -3.59. The van der Waals surface area contributed by atoms with E-state index in [-0.39, 0.29) is 11.9 Å². The predicted molar refractivity (Wildman–Crippen MR) is 110 cm³/mol. The Bertz CT molecular complexity index is 912. The summed E-state index contributed by atoms with van der Waals surface area (Å²) in [6.45, 7) is 1.55. The second-order valence-electron chi connectivity index (χ2n) is 6.43. The molecule has 8 nitrogen and oxygen atoms in total. The van der Waals surface area contributed by atoms with E-state index in [1.54, 1.807) is 26.4 Å². The highest BCUT2D eigenvalue weighted by molar-refractivity contribution is 5.89. The van der Waals surface area contributed by atoms with Gasteiger partial charge in [-0.05, 0) is 54.9 Å². The average molecular weight is 433 g/mol. The zero-order valence-corrected chi connectivity index (χ0v) is 17.1. The summed E-state index contributed by atoms with van der Waals surface area (Å²) < 4.78 is 29.9. The first-order chi connectivity index (χ1) is 14.8. The van der Waals surface area contributed by atoms with Gasteiger partial charge in [0.25, 0.3) is 0 Å². The first-order valence-corrected chi connectivity index (χ1v) is 9.35. The molecule has 1 atom stereocenters. The number of ether oxygens (including phenoxy) is 3.